The Morgan fingerprint density at radius 2 is 1.88 bits per heavy atom. The van der Waals surface area contributed by atoms with Gasteiger partial charge in [-0.15, -0.1) is 26.3 Å². The van der Waals surface area contributed by atoms with Gasteiger partial charge >= 0.3 is 6.36 Å². The molecule has 0 saturated carbocycles. The van der Waals surface area contributed by atoms with Gasteiger partial charge in [-0.1, -0.05) is 11.6 Å². The normalized spacial score (nSPS) is 10.8. The van der Waals surface area contributed by atoms with Gasteiger partial charge in [-0.2, -0.15) is 5.10 Å². The zero-order valence-corrected chi connectivity index (χ0v) is 15.5. The first-order valence-corrected chi connectivity index (χ1v) is 8.21. The summed E-state index contributed by atoms with van der Waals surface area (Å²) in [6.07, 6.45) is -1.61. The van der Waals surface area contributed by atoms with E-state index in [0.717, 1.165) is 6.07 Å². The van der Waals surface area contributed by atoms with E-state index in [1.807, 2.05) is 0 Å². The highest BCUT2D eigenvalue weighted by Crippen LogP contribution is 2.33. The van der Waals surface area contributed by atoms with Crippen LogP contribution in [-0.2, 0) is 0 Å². The minimum atomic E-state index is -4.80. The summed E-state index contributed by atoms with van der Waals surface area (Å²) < 4.78 is 43.4. The third-order valence-electron chi connectivity index (χ3n) is 2.97. The summed E-state index contributed by atoms with van der Waals surface area (Å²) >= 11 is 9.20. The van der Waals surface area contributed by atoms with E-state index < -0.39 is 12.1 Å². The Kier molecular flexibility index (Phi) is 6.44. The SMILES string of the molecule is C=C.FC(F)(F)Oc1cc(Cl)cc(-c2cc(Br)nn2-c2cccnc2)c1. The molecule has 0 saturated heterocycles. The molecule has 0 amide bonds. The molecule has 9 heteroatoms. The maximum atomic E-state index is 12.5. The first-order valence-electron chi connectivity index (χ1n) is 7.04. The highest BCUT2D eigenvalue weighted by atomic mass is 79.9. The zero-order chi connectivity index (χ0) is 19.3. The molecule has 26 heavy (non-hydrogen) atoms. The van der Waals surface area contributed by atoms with Crippen LogP contribution in [0.4, 0.5) is 13.2 Å². The van der Waals surface area contributed by atoms with E-state index in [1.165, 1.54) is 12.1 Å². The summed E-state index contributed by atoms with van der Waals surface area (Å²) in [6.45, 7) is 6.00. The first kappa shape index (κ1) is 20.0. The average molecular weight is 447 g/mol. The highest BCUT2D eigenvalue weighted by Gasteiger charge is 2.31. The van der Waals surface area contributed by atoms with Crippen molar-refractivity contribution >= 4 is 27.5 Å². The minimum Gasteiger partial charge on any atom is -0.406 e. The van der Waals surface area contributed by atoms with Gasteiger partial charge in [-0.25, -0.2) is 4.68 Å². The fraction of sp³-hybridized carbons (Fsp3) is 0.0588. The molecule has 3 aromatic rings. The van der Waals surface area contributed by atoms with Crippen LogP contribution < -0.4 is 4.74 Å². The number of rotatable bonds is 3. The van der Waals surface area contributed by atoms with Crippen molar-refractivity contribution in [3.63, 3.8) is 0 Å². The van der Waals surface area contributed by atoms with Crippen LogP contribution in [0.1, 0.15) is 0 Å². The van der Waals surface area contributed by atoms with Gasteiger partial charge in [0.25, 0.3) is 0 Å². The lowest BCUT2D eigenvalue weighted by Crippen LogP contribution is -2.17. The van der Waals surface area contributed by atoms with Gasteiger partial charge in [0.1, 0.15) is 10.4 Å². The van der Waals surface area contributed by atoms with Gasteiger partial charge < -0.3 is 4.74 Å². The van der Waals surface area contributed by atoms with Crippen molar-refractivity contribution in [3.05, 3.63) is 71.6 Å². The summed E-state index contributed by atoms with van der Waals surface area (Å²) in [5.74, 6) is -0.403. The first-order chi connectivity index (χ1) is 12.3. The van der Waals surface area contributed by atoms with Crippen LogP contribution in [0.25, 0.3) is 16.9 Å². The Labute approximate surface area is 161 Å². The van der Waals surface area contributed by atoms with Crippen molar-refractivity contribution < 1.29 is 17.9 Å². The summed E-state index contributed by atoms with van der Waals surface area (Å²) in [6, 6.07) is 9.03. The smallest absolute Gasteiger partial charge is 0.406 e. The van der Waals surface area contributed by atoms with Crippen molar-refractivity contribution in [1.82, 2.24) is 14.8 Å². The maximum absolute atomic E-state index is 12.5. The van der Waals surface area contributed by atoms with Gasteiger partial charge in [0, 0.05) is 16.8 Å². The average Bonchev–Trinajstić information content (AvgIpc) is 2.97. The number of nitrogens with zero attached hydrogens (tertiary/aromatic N) is 3. The predicted octanol–water partition coefficient (Wildman–Crippen LogP) is 6.05. The second-order valence-electron chi connectivity index (χ2n) is 4.70. The molecule has 0 aliphatic heterocycles. The van der Waals surface area contributed by atoms with E-state index in [9.17, 15) is 13.2 Å². The molecule has 2 heterocycles. The molecule has 0 unspecified atom stereocenters. The van der Waals surface area contributed by atoms with Crippen LogP contribution in [0.15, 0.2) is 66.6 Å². The molecule has 0 bridgehead atoms. The third-order valence-corrected chi connectivity index (χ3v) is 3.58. The number of benzene rings is 1. The van der Waals surface area contributed by atoms with Gasteiger partial charge in [0.05, 0.1) is 17.6 Å². The van der Waals surface area contributed by atoms with Gasteiger partial charge in [0.2, 0.25) is 0 Å². The molecule has 0 aliphatic rings. The minimum absolute atomic E-state index is 0.113. The molecule has 0 aliphatic carbocycles. The Morgan fingerprint density at radius 1 is 1.15 bits per heavy atom. The van der Waals surface area contributed by atoms with Crippen LogP contribution in [-0.4, -0.2) is 21.1 Å². The highest BCUT2D eigenvalue weighted by molar-refractivity contribution is 9.10. The van der Waals surface area contributed by atoms with Gasteiger partial charge in [-0.3, -0.25) is 4.98 Å². The van der Waals surface area contributed by atoms with E-state index in [2.05, 4.69) is 43.9 Å². The standard InChI is InChI=1S/C15H8BrClF3N3O.C2H4/c16-14-7-13(23(22-14)11-2-1-3-21-8-11)9-4-10(17)6-12(5-9)24-15(18,19)20;1-2/h1-8H;1-2H2. The van der Waals surface area contributed by atoms with Gasteiger partial charge in [0.15, 0.2) is 0 Å². The van der Waals surface area contributed by atoms with Crippen molar-refractivity contribution in [2.45, 2.75) is 6.36 Å². The molecule has 1 aromatic carbocycles. The Bertz CT molecular complexity index is 885. The van der Waals surface area contributed by atoms with Crippen LogP contribution in [0, 0.1) is 0 Å². The molecule has 0 radical (unpaired) electrons. The van der Waals surface area contributed by atoms with Gasteiger partial charge in [-0.05, 0) is 52.3 Å². The number of pyridine rings is 1. The summed E-state index contributed by atoms with van der Waals surface area (Å²) in [7, 11) is 0. The molecule has 0 fully saturated rings. The summed E-state index contributed by atoms with van der Waals surface area (Å²) in [5.41, 5.74) is 1.60. The summed E-state index contributed by atoms with van der Waals surface area (Å²) in [5, 5.41) is 4.39. The van der Waals surface area contributed by atoms with Crippen molar-refractivity contribution in [3.8, 4) is 22.7 Å². The molecule has 4 nitrogen and oxygen atoms in total. The number of hydrogen-bond acceptors (Lipinski definition) is 3. The third kappa shape index (κ3) is 5.09. The molecular weight excluding hydrogens is 435 g/mol. The number of alkyl halides is 3. The molecule has 3 rings (SSSR count). The quantitative estimate of drug-likeness (QED) is 0.460. The second kappa shape index (κ2) is 8.37. The van der Waals surface area contributed by atoms with Crippen LogP contribution in [0.3, 0.4) is 0 Å². The van der Waals surface area contributed by atoms with E-state index in [0.29, 0.717) is 21.5 Å². The van der Waals surface area contributed by atoms with Crippen LogP contribution >= 0.6 is 27.5 Å². The number of ether oxygens (including phenoxy) is 1. The van der Waals surface area contributed by atoms with E-state index in [4.69, 9.17) is 11.6 Å². The molecule has 0 atom stereocenters. The Balaban J connectivity index is 0.00000117. The van der Waals surface area contributed by atoms with E-state index in [1.54, 1.807) is 35.3 Å². The molecule has 136 valence electrons. The molecule has 0 spiro atoms. The summed E-state index contributed by atoms with van der Waals surface area (Å²) in [4.78, 5) is 4.01. The van der Waals surface area contributed by atoms with Crippen molar-refractivity contribution in [2.75, 3.05) is 0 Å². The Morgan fingerprint density at radius 3 is 2.50 bits per heavy atom. The molecular formula is C17H12BrClF3N3O. The number of aromatic nitrogens is 3. The van der Waals surface area contributed by atoms with E-state index in [-0.39, 0.29) is 5.02 Å². The monoisotopic (exact) mass is 445 g/mol. The predicted molar refractivity (Wildman–Crippen MR) is 97.4 cm³/mol. The lowest BCUT2D eigenvalue weighted by Gasteiger charge is -2.12. The topological polar surface area (TPSA) is 39.9 Å². The van der Waals surface area contributed by atoms with Crippen molar-refractivity contribution in [2.24, 2.45) is 0 Å². The van der Waals surface area contributed by atoms with Crippen LogP contribution in [0.2, 0.25) is 5.02 Å². The fourth-order valence-electron chi connectivity index (χ4n) is 2.14. The number of hydrogen-bond donors (Lipinski definition) is 0. The fourth-order valence-corrected chi connectivity index (χ4v) is 2.74. The zero-order valence-electron chi connectivity index (χ0n) is 13.2. The lowest BCUT2D eigenvalue weighted by molar-refractivity contribution is -0.274. The van der Waals surface area contributed by atoms with E-state index >= 15 is 0 Å². The molecule has 0 N–H and O–H groups in total. The largest absolute Gasteiger partial charge is 0.573 e. The Hall–Kier alpha value is -2.32. The number of halogens is 5. The van der Waals surface area contributed by atoms with Crippen molar-refractivity contribution in [1.29, 1.82) is 0 Å². The second-order valence-corrected chi connectivity index (χ2v) is 5.95. The van der Waals surface area contributed by atoms with Crippen LogP contribution in [0.5, 0.6) is 5.75 Å². The lowest BCUT2D eigenvalue weighted by atomic mass is 10.1. The molecule has 2 aromatic heterocycles. The maximum Gasteiger partial charge on any atom is 0.573 e.